The van der Waals surface area contributed by atoms with Gasteiger partial charge >= 0.3 is 0 Å². The first kappa shape index (κ1) is 23.9. The predicted molar refractivity (Wildman–Crippen MR) is 139 cm³/mol. The van der Waals surface area contributed by atoms with Crippen molar-refractivity contribution >= 4 is 23.8 Å². The van der Waals surface area contributed by atoms with Crippen LogP contribution in [-0.2, 0) is 0 Å². The van der Waals surface area contributed by atoms with E-state index in [1.807, 2.05) is 49.5 Å². The summed E-state index contributed by atoms with van der Waals surface area (Å²) in [6.45, 7) is 4.93. The van der Waals surface area contributed by atoms with Crippen LogP contribution in [0.1, 0.15) is 24.5 Å². The van der Waals surface area contributed by atoms with Crippen LogP contribution < -0.4 is 16.2 Å². The first-order valence-electron chi connectivity index (χ1n) is 11.1. The molecule has 0 aliphatic rings. The Morgan fingerprint density at radius 1 is 0.939 bits per heavy atom. The Balaban J connectivity index is 1.83. The van der Waals surface area contributed by atoms with Crippen molar-refractivity contribution in [2.24, 2.45) is 0 Å². The number of pyridine rings is 1. The van der Waals surface area contributed by atoms with E-state index in [9.17, 15) is 4.79 Å². The van der Waals surface area contributed by atoms with Gasteiger partial charge in [-0.3, -0.25) is 9.36 Å². The molecule has 0 radical (unpaired) electrons. The average molecular weight is 445 g/mol. The van der Waals surface area contributed by atoms with E-state index in [0.717, 1.165) is 59.7 Å². The van der Waals surface area contributed by atoms with Crippen LogP contribution >= 0.6 is 0 Å². The highest BCUT2D eigenvalue weighted by atomic mass is 16.1. The zero-order chi connectivity index (χ0) is 23.8. The summed E-state index contributed by atoms with van der Waals surface area (Å²) in [6, 6.07) is 14.9. The van der Waals surface area contributed by atoms with Crippen molar-refractivity contribution in [1.29, 1.82) is 10.8 Å². The Morgan fingerprint density at radius 3 is 2.30 bits per heavy atom. The monoisotopic (exact) mass is 444 g/mol. The number of benzene rings is 2. The second-order valence-corrected chi connectivity index (χ2v) is 7.97. The molecule has 4 N–H and O–H groups in total. The molecule has 0 atom stereocenters. The molecule has 1 heterocycles. The summed E-state index contributed by atoms with van der Waals surface area (Å²) in [7, 11) is 3.92. The number of nitrogens with zero attached hydrogens (tertiary/aromatic N) is 2. The van der Waals surface area contributed by atoms with Gasteiger partial charge in [0.25, 0.3) is 5.56 Å². The molecule has 0 aliphatic heterocycles. The molecule has 0 saturated heterocycles. The standard InChI is InChI=1S/C26H32N6O/c1-4-11-31(3)13-10-30-25-8-6-23(15-22(25)18-28)32-12-9-20(16-26(32)33)19-5-7-24(29-2)21(14-19)17-27/h5-9,12,14-18,27-30H,4,10-11,13H2,1-3H3. The fourth-order valence-corrected chi connectivity index (χ4v) is 3.82. The summed E-state index contributed by atoms with van der Waals surface area (Å²) in [5.74, 6) is 0. The van der Waals surface area contributed by atoms with E-state index in [4.69, 9.17) is 10.8 Å². The molecule has 7 nitrogen and oxygen atoms in total. The first-order chi connectivity index (χ1) is 16.0. The molecular weight excluding hydrogens is 412 g/mol. The third kappa shape index (κ3) is 5.75. The molecule has 172 valence electrons. The molecule has 0 unspecified atom stereocenters. The van der Waals surface area contributed by atoms with E-state index in [-0.39, 0.29) is 5.56 Å². The lowest BCUT2D eigenvalue weighted by Gasteiger charge is -2.17. The minimum atomic E-state index is -0.153. The molecule has 0 aliphatic carbocycles. The fourth-order valence-electron chi connectivity index (χ4n) is 3.82. The van der Waals surface area contributed by atoms with Crippen LogP contribution in [0.2, 0.25) is 0 Å². The molecule has 3 aromatic rings. The molecule has 2 aromatic carbocycles. The van der Waals surface area contributed by atoms with E-state index in [0.29, 0.717) is 5.69 Å². The highest BCUT2D eigenvalue weighted by Crippen LogP contribution is 2.24. The molecule has 3 rings (SSSR count). The molecule has 33 heavy (non-hydrogen) atoms. The van der Waals surface area contributed by atoms with Gasteiger partial charge in [0.2, 0.25) is 0 Å². The van der Waals surface area contributed by atoms with E-state index >= 15 is 0 Å². The Kier molecular flexibility index (Phi) is 8.16. The fraction of sp³-hybridized carbons (Fsp3) is 0.269. The third-order valence-corrected chi connectivity index (χ3v) is 5.61. The van der Waals surface area contributed by atoms with Gasteiger partial charge in [-0.2, -0.15) is 0 Å². The number of rotatable bonds is 11. The number of anilines is 2. The lowest BCUT2D eigenvalue weighted by atomic mass is 10.0. The van der Waals surface area contributed by atoms with Crippen molar-refractivity contribution in [3.8, 4) is 16.8 Å². The lowest BCUT2D eigenvalue weighted by Crippen LogP contribution is -2.26. The van der Waals surface area contributed by atoms with Crippen LogP contribution in [0.3, 0.4) is 0 Å². The number of nitrogens with one attached hydrogen (secondary N) is 4. The van der Waals surface area contributed by atoms with Gasteiger partial charge in [0, 0.05) is 73.0 Å². The third-order valence-electron chi connectivity index (χ3n) is 5.61. The van der Waals surface area contributed by atoms with Crippen LogP contribution in [-0.4, -0.2) is 55.6 Å². The van der Waals surface area contributed by atoms with Gasteiger partial charge in [-0.15, -0.1) is 0 Å². The van der Waals surface area contributed by atoms with Gasteiger partial charge in [-0.25, -0.2) is 0 Å². The van der Waals surface area contributed by atoms with Crippen molar-refractivity contribution in [1.82, 2.24) is 9.47 Å². The molecule has 0 fully saturated rings. The zero-order valence-electron chi connectivity index (χ0n) is 19.5. The summed E-state index contributed by atoms with van der Waals surface area (Å²) in [5, 5.41) is 21.9. The van der Waals surface area contributed by atoms with Gasteiger partial charge in [0.15, 0.2) is 0 Å². The van der Waals surface area contributed by atoms with Crippen LogP contribution in [0.15, 0.2) is 59.5 Å². The maximum absolute atomic E-state index is 12.9. The maximum atomic E-state index is 12.9. The molecule has 0 amide bonds. The largest absolute Gasteiger partial charge is 0.388 e. The van der Waals surface area contributed by atoms with Gasteiger partial charge in [-0.05, 0) is 67.5 Å². The van der Waals surface area contributed by atoms with Crippen molar-refractivity contribution in [3.05, 3.63) is 76.2 Å². The summed E-state index contributed by atoms with van der Waals surface area (Å²) in [4.78, 5) is 15.2. The Labute approximate surface area is 195 Å². The van der Waals surface area contributed by atoms with Crippen LogP contribution in [0.25, 0.3) is 16.8 Å². The Morgan fingerprint density at radius 2 is 1.64 bits per heavy atom. The van der Waals surface area contributed by atoms with Gasteiger partial charge < -0.3 is 26.4 Å². The second-order valence-electron chi connectivity index (χ2n) is 7.97. The van der Waals surface area contributed by atoms with Crippen molar-refractivity contribution in [2.45, 2.75) is 13.3 Å². The number of likely N-dealkylation sites (N-methyl/N-ethyl adjacent to an activating group) is 1. The predicted octanol–water partition coefficient (Wildman–Crippen LogP) is 4.30. The second kappa shape index (κ2) is 11.2. The topological polar surface area (TPSA) is 97.0 Å². The molecule has 1 aromatic heterocycles. The maximum Gasteiger partial charge on any atom is 0.255 e. The van der Waals surface area contributed by atoms with Crippen LogP contribution in [0, 0.1) is 10.8 Å². The SMILES string of the molecule is CCCN(C)CCNc1ccc(-n2ccc(-c3ccc(NC)c(C=N)c3)cc2=O)cc1C=N. The summed E-state index contributed by atoms with van der Waals surface area (Å²) < 4.78 is 1.58. The van der Waals surface area contributed by atoms with Crippen LogP contribution in [0.5, 0.6) is 0 Å². The van der Waals surface area contributed by atoms with Crippen molar-refractivity contribution < 1.29 is 0 Å². The summed E-state index contributed by atoms with van der Waals surface area (Å²) in [6.07, 6.45) is 5.48. The molecule has 0 bridgehead atoms. The summed E-state index contributed by atoms with van der Waals surface area (Å²) in [5.41, 5.74) is 5.48. The quantitative estimate of drug-likeness (QED) is 0.332. The number of aromatic nitrogens is 1. The molecule has 7 heteroatoms. The van der Waals surface area contributed by atoms with Crippen molar-refractivity contribution in [3.63, 3.8) is 0 Å². The first-order valence-corrected chi connectivity index (χ1v) is 11.1. The highest BCUT2D eigenvalue weighted by Gasteiger charge is 2.08. The molecular formula is C26H32N6O. The van der Waals surface area contributed by atoms with Crippen LogP contribution in [0.4, 0.5) is 11.4 Å². The normalized spacial score (nSPS) is 10.8. The number of hydrogen-bond donors (Lipinski definition) is 4. The zero-order valence-corrected chi connectivity index (χ0v) is 19.5. The van der Waals surface area contributed by atoms with E-state index < -0.39 is 0 Å². The Hall–Kier alpha value is -3.71. The van der Waals surface area contributed by atoms with Gasteiger partial charge in [0.1, 0.15) is 0 Å². The molecule has 0 spiro atoms. The van der Waals surface area contributed by atoms with E-state index in [1.54, 1.807) is 16.8 Å². The minimum absolute atomic E-state index is 0.153. The number of hydrogen-bond acceptors (Lipinski definition) is 6. The molecule has 0 saturated carbocycles. The average Bonchev–Trinajstić information content (AvgIpc) is 2.83. The van der Waals surface area contributed by atoms with Gasteiger partial charge in [-0.1, -0.05) is 13.0 Å². The summed E-state index contributed by atoms with van der Waals surface area (Å²) >= 11 is 0. The lowest BCUT2D eigenvalue weighted by molar-refractivity contribution is 0.348. The highest BCUT2D eigenvalue weighted by molar-refractivity contribution is 5.88. The Bertz CT molecular complexity index is 1180. The van der Waals surface area contributed by atoms with E-state index in [1.165, 1.54) is 12.4 Å². The van der Waals surface area contributed by atoms with Crippen molar-refractivity contribution in [2.75, 3.05) is 44.4 Å². The van der Waals surface area contributed by atoms with E-state index in [2.05, 4.69) is 29.5 Å². The minimum Gasteiger partial charge on any atom is -0.388 e. The van der Waals surface area contributed by atoms with Gasteiger partial charge in [0.05, 0.1) is 0 Å². The smallest absolute Gasteiger partial charge is 0.255 e.